The van der Waals surface area contributed by atoms with Crippen molar-refractivity contribution < 1.29 is 9.53 Å². The Morgan fingerprint density at radius 2 is 1.89 bits per heavy atom. The van der Waals surface area contributed by atoms with Crippen LogP contribution >= 0.6 is 0 Å². The van der Waals surface area contributed by atoms with Crippen LogP contribution in [0, 0.1) is 0 Å². The Morgan fingerprint density at radius 3 is 2.69 bits per heavy atom. The minimum Gasteiger partial charge on any atom is -0.462 e. The van der Waals surface area contributed by atoms with E-state index in [4.69, 9.17) is 14.7 Å². The second-order valence-electron chi connectivity index (χ2n) is 9.42. The number of hydrogen-bond donors (Lipinski definition) is 1. The molecule has 6 nitrogen and oxygen atoms in total. The smallest absolute Gasteiger partial charge is 0.338 e. The Hall–Kier alpha value is -3.25. The van der Waals surface area contributed by atoms with Gasteiger partial charge in [-0.25, -0.2) is 14.8 Å². The third-order valence-corrected chi connectivity index (χ3v) is 6.87. The Morgan fingerprint density at radius 1 is 1.06 bits per heavy atom. The van der Waals surface area contributed by atoms with Crippen molar-refractivity contribution in [3.8, 4) is 11.1 Å². The van der Waals surface area contributed by atoms with E-state index in [9.17, 15) is 4.79 Å². The standard InChI is InChI=1S/C29H34N4O2/c1-2-35-29(34)22-12-13-24-23(19-22)20-25-27(24)28(30-14-9-17-33-15-7-4-8-16-33)32-26(31-25)18-21-10-5-3-6-11-21/h3,5-6,10-13,19H,2,4,7-9,14-18,20H2,1H3,(H,30,31,32). The second-order valence-corrected chi connectivity index (χ2v) is 9.42. The first-order valence-corrected chi connectivity index (χ1v) is 12.9. The molecular weight excluding hydrogens is 436 g/mol. The molecule has 0 radical (unpaired) electrons. The van der Waals surface area contributed by atoms with Crippen molar-refractivity contribution in [2.75, 3.05) is 38.1 Å². The molecule has 182 valence electrons. The van der Waals surface area contributed by atoms with Crippen molar-refractivity contribution in [1.29, 1.82) is 0 Å². The molecule has 0 unspecified atom stereocenters. The number of piperidine rings is 1. The van der Waals surface area contributed by atoms with Gasteiger partial charge in [0, 0.05) is 24.9 Å². The molecule has 2 aromatic carbocycles. The number of fused-ring (bicyclic) bond motifs is 3. The van der Waals surface area contributed by atoms with Gasteiger partial charge in [0.2, 0.25) is 0 Å². The van der Waals surface area contributed by atoms with E-state index in [1.165, 1.54) is 37.9 Å². The van der Waals surface area contributed by atoms with Crippen LogP contribution in [0.2, 0.25) is 0 Å². The predicted molar refractivity (Wildman–Crippen MR) is 139 cm³/mol. The molecule has 0 spiro atoms. The van der Waals surface area contributed by atoms with Crippen molar-refractivity contribution in [3.05, 3.63) is 76.7 Å². The summed E-state index contributed by atoms with van der Waals surface area (Å²) in [5, 5.41) is 3.64. The molecule has 0 atom stereocenters. The fourth-order valence-electron chi connectivity index (χ4n) is 5.15. The summed E-state index contributed by atoms with van der Waals surface area (Å²) in [5.74, 6) is 1.45. The first-order chi connectivity index (χ1) is 17.2. The van der Waals surface area contributed by atoms with E-state index in [0.717, 1.165) is 53.5 Å². The molecule has 0 bridgehead atoms. The van der Waals surface area contributed by atoms with E-state index in [0.29, 0.717) is 25.0 Å². The number of nitrogens with zero attached hydrogens (tertiary/aromatic N) is 3. The lowest BCUT2D eigenvalue weighted by atomic mass is 10.0. The summed E-state index contributed by atoms with van der Waals surface area (Å²) in [7, 11) is 0. The highest BCUT2D eigenvalue weighted by molar-refractivity contribution is 5.92. The highest BCUT2D eigenvalue weighted by Gasteiger charge is 2.26. The molecular formula is C29H34N4O2. The molecule has 1 N–H and O–H groups in total. The summed E-state index contributed by atoms with van der Waals surface area (Å²) in [4.78, 5) is 24.8. The van der Waals surface area contributed by atoms with Crippen LogP contribution in [0.5, 0.6) is 0 Å². The fourth-order valence-corrected chi connectivity index (χ4v) is 5.15. The van der Waals surface area contributed by atoms with Gasteiger partial charge in [0.05, 0.1) is 17.9 Å². The molecule has 0 amide bonds. The molecule has 1 aliphatic carbocycles. The summed E-state index contributed by atoms with van der Waals surface area (Å²) in [5.41, 5.74) is 6.10. The van der Waals surface area contributed by atoms with Gasteiger partial charge in [-0.3, -0.25) is 0 Å². The quantitative estimate of drug-likeness (QED) is 0.271. The Balaban J connectivity index is 1.38. The van der Waals surface area contributed by atoms with Crippen molar-refractivity contribution in [3.63, 3.8) is 0 Å². The molecule has 35 heavy (non-hydrogen) atoms. The maximum atomic E-state index is 12.3. The zero-order valence-electron chi connectivity index (χ0n) is 20.6. The van der Waals surface area contributed by atoms with Gasteiger partial charge >= 0.3 is 5.97 Å². The highest BCUT2D eigenvalue weighted by atomic mass is 16.5. The van der Waals surface area contributed by atoms with E-state index < -0.39 is 0 Å². The van der Waals surface area contributed by atoms with E-state index in [1.54, 1.807) is 0 Å². The fraction of sp³-hybridized carbons (Fsp3) is 0.414. The van der Waals surface area contributed by atoms with Crippen LogP contribution in [-0.2, 0) is 17.6 Å². The van der Waals surface area contributed by atoms with Crippen LogP contribution in [0.15, 0.2) is 48.5 Å². The number of esters is 1. The first-order valence-electron chi connectivity index (χ1n) is 12.9. The monoisotopic (exact) mass is 470 g/mol. The van der Waals surface area contributed by atoms with Crippen LogP contribution < -0.4 is 5.32 Å². The molecule has 3 aromatic rings. The molecule has 1 aromatic heterocycles. The predicted octanol–water partition coefficient (Wildman–Crippen LogP) is 5.10. The molecule has 1 fully saturated rings. The third-order valence-electron chi connectivity index (χ3n) is 6.87. The number of carbonyl (C=O) groups is 1. The Kier molecular flexibility index (Phi) is 7.38. The number of ether oxygens (including phenoxy) is 1. The summed E-state index contributed by atoms with van der Waals surface area (Å²) in [6.45, 7) is 6.64. The van der Waals surface area contributed by atoms with Gasteiger partial charge in [-0.2, -0.15) is 0 Å². The first kappa shape index (κ1) is 23.5. The number of aromatic nitrogens is 2. The van der Waals surface area contributed by atoms with Crippen LogP contribution in [0.25, 0.3) is 11.1 Å². The zero-order valence-corrected chi connectivity index (χ0v) is 20.6. The van der Waals surface area contributed by atoms with Crippen LogP contribution in [-0.4, -0.2) is 53.6 Å². The van der Waals surface area contributed by atoms with Crippen LogP contribution in [0.1, 0.15) is 65.6 Å². The van der Waals surface area contributed by atoms with Gasteiger partial charge in [-0.05, 0) is 74.6 Å². The number of benzene rings is 2. The molecule has 1 aliphatic heterocycles. The van der Waals surface area contributed by atoms with E-state index in [-0.39, 0.29) is 5.97 Å². The molecule has 5 rings (SSSR count). The van der Waals surface area contributed by atoms with Crippen molar-refractivity contribution in [2.45, 2.75) is 45.4 Å². The summed E-state index contributed by atoms with van der Waals surface area (Å²) >= 11 is 0. The molecule has 6 heteroatoms. The average molecular weight is 471 g/mol. The van der Waals surface area contributed by atoms with Crippen LogP contribution in [0.4, 0.5) is 5.82 Å². The van der Waals surface area contributed by atoms with Crippen LogP contribution in [0.3, 0.4) is 0 Å². The largest absolute Gasteiger partial charge is 0.462 e. The number of hydrogen-bond acceptors (Lipinski definition) is 6. The molecule has 2 aliphatic rings. The topological polar surface area (TPSA) is 67.3 Å². The summed E-state index contributed by atoms with van der Waals surface area (Å²) in [6.07, 6.45) is 6.48. The highest BCUT2D eigenvalue weighted by Crippen LogP contribution is 2.40. The van der Waals surface area contributed by atoms with Gasteiger partial charge in [0.1, 0.15) is 11.6 Å². The van der Waals surface area contributed by atoms with E-state index >= 15 is 0 Å². The SMILES string of the molecule is CCOC(=O)c1ccc2c(c1)Cc1nc(Cc3ccccc3)nc(NCCCN3CCCCC3)c1-2. The maximum Gasteiger partial charge on any atom is 0.338 e. The lowest BCUT2D eigenvalue weighted by Gasteiger charge is -2.26. The van der Waals surface area contributed by atoms with Gasteiger partial charge in [-0.1, -0.05) is 42.8 Å². The van der Waals surface area contributed by atoms with Gasteiger partial charge in [-0.15, -0.1) is 0 Å². The number of rotatable bonds is 9. The average Bonchev–Trinajstić information content (AvgIpc) is 3.25. The summed E-state index contributed by atoms with van der Waals surface area (Å²) in [6, 6.07) is 16.2. The Labute approximate surface area is 207 Å². The number of carbonyl (C=O) groups excluding carboxylic acids is 1. The van der Waals surface area contributed by atoms with E-state index in [2.05, 4.69) is 34.5 Å². The minimum atomic E-state index is -0.279. The minimum absolute atomic E-state index is 0.279. The maximum absolute atomic E-state index is 12.3. The van der Waals surface area contributed by atoms with Gasteiger partial charge in [0.15, 0.2) is 0 Å². The van der Waals surface area contributed by atoms with Gasteiger partial charge < -0.3 is 15.0 Å². The van der Waals surface area contributed by atoms with E-state index in [1.807, 2.05) is 31.2 Å². The number of likely N-dealkylation sites (tertiary alicyclic amines) is 1. The third kappa shape index (κ3) is 5.54. The second kappa shape index (κ2) is 11.0. The number of anilines is 1. The molecule has 2 heterocycles. The molecule has 0 saturated carbocycles. The summed E-state index contributed by atoms with van der Waals surface area (Å²) < 4.78 is 5.21. The van der Waals surface area contributed by atoms with Gasteiger partial charge in [0.25, 0.3) is 0 Å². The lowest BCUT2D eigenvalue weighted by molar-refractivity contribution is 0.0526. The van der Waals surface area contributed by atoms with Crippen molar-refractivity contribution in [1.82, 2.24) is 14.9 Å². The normalized spacial score (nSPS) is 14.9. The van der Waals surface area contributed by atoms with Crippen molar-refractivity contribution >= 4 is 11.8 Å². The lowest BCUT2D eigenvalue weighted by Crippen LogP contribution is -2.31. The molecule has 1 saturated heterocycles. The Bertz CT molecular complexity index is 1170. The number of nitrogens with one attached hydrogen (secondary N) is 1. The van der Waals surface area contributed by atoms with Crippen molar-refractivity contribution in [2.24, 2.45) is 0 Å². The zero-order chi connectivity index (χ0) is 24.0.